The molecule has 1 radical (unpaired) electrons. The highest BCUT2D eigenvalue weighted by molar-refractivity contribution is 5.85. The number of nitrogens with one attached hydrogen (secondary N) is 1. The molecule has 1 atom stereocenters. The van der Waals surface area contributed by atoms with Crippen molar-refractivity contribution in [3.05, 3.63) is 36.0 Å². The van der Waals surface area contributed by atoms with Crippen molar-refractivity contribution in [3.63, 3.8) is 0 Å². The van der Waals surface area contributed by atoms with Crippen molar-refractivity contribution in [2.24, 2.45) is 5.73 Å². The lowest BCUT2D eigenvalue weighted by atomic mass is 10.2. The lowest BCUT2D eigenvalue weighted by Crippen LogP contribution is -2.11. The molecule has 2 rings (SSSR count). The summed E-state index contributed by atoms with van der Waals surface area (Å²) in [4.78, 5) is 13.4. The second kappa shape index (κ2) is 4.26. The predicted octanol–water partition coefficient (Wildman–Crippen LogP) is 1.70. The number of para-hydroxylation sites is 1. The minimum Gasteiger partial charge on any atom is -0.357 e. The second-order valence-corrected chi connectivity index (χ2v) is 2.91. The largest absolute Gasteiger partial charge is 0.357 e. The quantitative estimate of drug-likeness (QED) is 0.791. The summed E-state index contributed by atoms with van der Waals surface area (Å²) in [7, 11) is 0. The van der Waals surface area contributed by atoms with Crippen LogP contribution in [0.2, 0.25) is 0 Å². The SMILES string of the molecule is Cl.NC([C]=O)c1cc2ccccc2[nH]1. The van der Waals surface area contributed by atoms with E-state index >= 15 is 0 Å². The highest BCUT2D eigenvalue weighted by atomic mass is 35.5. The first-order valence-electron chi connectivity index (χ1n) is 4.02. The van der Waals surface area contributed by atoms with E-state index in [-0.39, 0.29) is 12.4 Å². The number of hydrogen-bond donors (Lipinski definition) is 2. The van der Waals surface area contributed by atoms with Crippen LogP contribution >= 0.6 is 12.4 Å². The average molecular weight is 210 g/mol. The van der Waals surface area contributed by atoms with Crippen LogP contribution in [0.5, 0.6) is 0 Å². The monoisotopic (exact) mass is 209 g/mol. The number of hydrogen-bond acceptors (Lipinski definition) is 2. The third kappa shape index (κ3) is 1.78. The number of carbonyl (C=O) groups excluding carboxylic acids is 1. The summed E-state index contributed by atoms with van der Waals surface area (Å²) in [5.41, 5.74) is 7.20. The molecule has 0 aliphatic carbocycles. The van der Waals surface area contributed by atoms with Crippen molar-refractivity contribution in [1.29, 1.82) is 0 Å². The van der Waals surface area contributed by atoms with Crippen LogP contribution in [-0.4, -0.2) is 11.3 Å². The van der Waals surface area contributed by atoms with Crippen molar-refractivity contribution >= 4 is 29.6 Å². The molecule has 1 unspecified atom stereocenters. The van der Waals surface area contributed by atoms with Crippen molar-refractivity contribution < 1.29 is 4.79 Å². The Balaban J connectivity index is 0.000000980. The minimum atomic E-state index is -0.674. The molecule has 0 spiro atoms. The molecule has 0 fully saturated rings. The smallest absolute Gasteiger partial charge is 0.223 e. The van der Waals surface area contributed by atoms with Gasteiger partial charge in [0.05, 0.1) is 0 Å². The average Bonchev–Trinajstić information content (AvgIpc) is 2.59. The Morgan fingerprint density at radius 1 is 1.36 bits per heavy atom. The van der Waals surface area contributed by atoms with Crippen molar-refractivity contribution in [3.8, 4) is 0 Å². The van der Waals surface area contributed by atoms with E-state index in [0.29, 0.717) is 5.69 Å². The van der Waals surface area contributed by atoms with E-state index in [4.69, 9.17) is 5.73 Å². The maximum atomic E-state index is 10.3. The number of H-pyrrole nitrogens is 1. The molecule has 0 bridgehead atoms. The standard InChI is InChI=1S/C10H9N2O.ClH/c11-8(6-13)10-5-7-3-1-2-4-9(7)12-10;/h1-5,8,12H,11H2;1H. The molecule has 4 heteroatoms. The summed E-state index contributed by atoms with van der Waals surface area (Å²) in [6.45, 7) is 0. The van der Waals surface area contributed by atoms with Gasteiger partial charge in [-0.3, -0.25) is 4.79 Å². The maximum absolute atomic E-state index is 10.3. The molecule has 3 nitrogen and oxygen atoms in total. The van der Waals surface area contributed by atoms with Gasteiger partial charge in [0.1, 0.15) is 6.04 Å². The molecule has 1 heterocycles. The van der Waals surface area contributed by atoms with Crippen LogP contribution in [0.25, 0.3) is 10.9 Å². The fraction of sp³-hybridized carbons (Fsp3) is 0.100. The Kier molecular flexibility index (Phi) is 3.28. The van der Waals surface area contributed by atoms with Crippen LogP contribution in [0.4, 0.5) is 0 Å². The Hall–Kier alpha value is -1.32. The summed E-state index contributed by atoms with van der Waals surface area (Å²) < 4.78 is 0. The zero-order valence-corrected chi connectivity index (χ0v) is 8.17. The number of nitrogens with two attached hydrogens (primary N) is 1. The van der Waals surface area contributed by atoms with Crippen LogP contribution in [0.1, 0.15) is 11.7 Å². The van der Waals surface area contributed by atoms with Crippen molar-refractivity contribution in [2.75, 3.05) is 0 Å². The van der Waals surface area contributed by atoms with Crippen LogP contribution in [-0.2, 0) is 4.79 Å². The maximum Gasteiger partial charge on any atom is 0.223 e. The molecule has 1 aromatic carbocycles. The number of aromatic amines is 1. The molecular formula is C10H10ClN2O. The highest BCUT2D eigenvalue weighted by Gasteiger charge is 2.07. The Bertz CT molecular complexity index is 405. The predicted molar refractivity (Wildman–Crippen MR) is 58.2 cm³/mol. The third-order valence-corrected chi connectivity index (χ3v) is 2.01. The molecular weight excluding hydrogens is 200 g/mol. The number of halogens is 1. The van der Waals surface area contributed by atoms with Crippen LogP contribution < -0.4 is 5.73 Å². The molecule has 0 saturated carbocycles. The van der Waals surface area contributed by atoms with Gasteiger partial charge in [-0.15, -0.1) is 12.4 Å². The van der Waals surface area contributed by atoms with E-state index in [1.165, 1.54) is 0 Å². The molecule has 0 aliphatic rings. The van der Waals surface area contributed by atoms with Gasteiger partial charge in [0.2, 0.25) is 6.29 Å². The van der Waals surface area contributed by atoms with Gasteiger partial charge in [-0.05, 0) is 17.5 Å². The van der Waals surface area contributed by atoms with Gasteiger partial charge in [0.25, 0.3) is 0 Å². The first-order valence-corrected chi connectivity index (χ1v) is 4.02. The molecule has 0 amide bonds. The zero-order valence-electron chi connectivity index (χ0n) is 7.36. The molecule has 1 aromatic heterocycles. The van der Waals surface area contributed by atoms with Crippen molar-refractivity contribution in [2.45, 2.75) is 6.04 Å². The second-order valence-electron chi connectivity index (χ2n) is 2.91. The first-order chi connectivity index (χ1) is 6.31. The van der Waals surface area contributed by atoms with Gasteiger partial charge in [0.15, 0.2) is 0 Å². The van der Waals surface area contributed by atoms with Crippen LogP contribution in [0, 0.1) is 0 Å². The fourth-order valence-electron chi connectivity index (χ4n) is 1.33. The lowest BCUT2D eigenvalue weighted by molar-refractivity contribution is 0.543. The van der Waals surface area contributed by atoms with Gasteiger partial charge < -0.3 is 10.7 Å². The van der Waals surface area contributed by atoms with E-state index < -0.39 is 6.04 Å². The normalized spacial score (nSPS) is 12.1. The van der Waals surface area contributed by atoms with Gasteiger partial charge in [-0.25, -0.2) is 0 Å². The first kappa shape index (κ1) is 10.8. The Morgan fingerprint density at radius 2 is 2.07 bits per heavy atom. The van der Waals surface area contributed by atoms with E-state index in [1.807, 2.05) is 30.3 Å². The summed E-state index contributed by atoms with van der Waals surface area (Å²) in [5.74, 6) is 0. The lowest BCUT2D eigenvalue weighted by Gasteiger charge is -1.96. The Labute approximate surface area is 87.7 Å². The minimum absolute atomic E-state index is 0. The third-order valence-electron chi connectivity index (χ3n) is 2.01. The van der Waals surface area contributed by atoms with E-state index in [2.05, 4.69) is 4.98 Å². The summed E-state index contributed by atoms with van der Waals surface area (Å²) in [5, 5.41) is 1.06. The highest BCUT2D eigenvalue weighted by Crippen LogP contribution is 2.17. The van der Waals surface area contributed by atoms with Crippen molar-refractivity contribution in [1.82, 2.24) is 4.98 Å². The summed E-state index contributed by atoms with van der Waals surface area (Å²) in [6.07, 6.45) is 1.74. The zero-order chi connectivity index (χ0) is 9.26. The van der Waals surface area contributed by atoms with Crippen LogP contribution in [0.3, 0.4) is 0 Å². The van der Waals surface area contributed by atoms with Gasteiger partial charge >= 0.3 is 0 Å². The molecule has 14 heavy (non-hydrogen) atoms. The topological polar surface area (TPSA) is 58.9 Å². The molecule has 2 aromatic rings. The van der Waals surface area contributed by atoms with Crippen LogP contribution in [0.15, 0.2) is 30.3 Å². The molecule has 0 saturated heterocycles. The summed E-state index contributed by atoms with van der Waals surface area (Å²) in [6, 6.07) is 8.97. The fourth-order valence-corrected chi connectivity index (χ4v) is 1.33. The number of rotatable bonds is 2. The van der Waals surface area contributed by atoms with E-state index in [9.17, 15) is 4.79 Å². The van der Waals surface area contributed by atoms with E-state index in [0.717, 1.165) is 10.9 Å². The number of aromatic nitrogens is 1. The van der Waals surface area contributed by atoms with Gasteiger partial charge in [0, 0.05) is 11.2 Å². The van der Waals surface area contributed by atoms with Gasteiger partial charge in [-0.1, -0.05) is 18.2 Å². The van der Waals surface area contributed by atoms with Gasteiger partial charge in [-0.2, -0.15) is 0 Å². The van der Waals surface area contributed by atoms with E-state index in [1.54, 1.807) is 6.29 Å². The molecule has 3 N–H and O–H groups in total. The molecule has 0 aliphatic heterocycles. The Morgan fingerprint density at radius 3 is 2.71 bits per heavy atom. The number of benzene rings is 1. The summed E-state index contributed by atoms with van der Waals surface area (Å²) >= 11 is 0. The molecule has 73 valence electrons. The number of fused-ring (bicyclic) bond motifs is 1.